The molecule has 0 radical (unpaired) electrons. The molecule has 1 aliphatic carbocycles. The van der Waals surface area contributed by atoms with Crippen LogP contribution in [0.2, 0.25) is 0 Å². The van der Waals surface area contributed by atoms with Gasteiger partial charge in [-0.15, -0.1) is 0 Å². The molecule has 0 spiro atoms. The summed E-state index contributed by atoms with van der Waals surface area (Å²) in [4.78, 5) is 51.2. The fourth-order valence-corrected chi connectivity index (χ4v) is 4.16. The van der Waals surface area contributed by atoms with E-state index >= 15 is 0 Å². The molecule has 0 bridgehead atoms. The first-order chi connectivity index (χ1) is 13.2. The number of ketones is 1. The zero-order valence-corrected chi connectivity index (χ0v) is 17.2. The summed E-state index contributed by atoms with van der Waals surface area (Å²) < 4.78 is 15.5. The van der Waals surface area contributed by atoms with Crippen molar-refractivity contribution in [3.63, 3.8) is 0 Å². The van der Waals surface area contributed by atoms with Crippen molar-refractivity contribution in [1.29, 1.82) is 5.26 Å². The Hall–Kier alpha value is -2.43. The van der Waals surface area contributed by atoms with Gasteiger partial charge in [0.2, 0.25) is 0 Å². The molecule has 0 aliphatic heterocycles. The topological polar surface area (TPSA) is 120 Å². The Morgan fingerprint density at radius 2 is 1.43 bits per heavy atom. The highest BCUT2D eigenvalue weighted by molar-refractivity contribution is 6.03. The third kappa shape index (κ3) is 3.89. The van der Waals surface area contributed by atoms with Crippen LogP contribution in [0.25, 0.3) is 0 Å². The highest BCUT2D eigenvalue weighted by Gasteiger charge is 2.69. The van der Waals surface area contributed by atoms with Gasteiger partial charge in [-0.2, -0.15) is 5.26 Å². The van der Waals surface area contributed by atoms with Crippen molar-refractivity contribution >= 4 is 23.7 Å². The Bertz CT molecular complexity index is 648. The zero-order chi connectivity index (χ0) is 21.5. The molecule has 1 saturated carbocycles. The third-order valence-corrected chi connectivity index (χ3v) is 5.45. The Kier molecular flexibility index (Phi) is 8.15. The molecule has 0 aromatic carbocycles. The first kappa shape index (κ1) is 23.6. The highest BCUT2D eigenvalue weighted by atomic mass is 16.6. The van der Waals surface area contributed by atoms with Crippen LogP contribution in [0.5, 0.6) is 0 Å². The summed E-state index contributed by atoms with van der Waals surface area (Å²) >= 11 is 0. The summed E-state index contributed by atoms with van der Waals surface area (Å²) in [5, 5.41) is 10.00. The normalized spacial score (nSPS) is 25.9. The van der Waals surface area contributed by atoms with Gasteiger partial charge in [0.15, 0.2) is 10.8 Å². The molecule has 1 fully saturated rings. The van der Waals surface area contributed by atoms with Crippen molar-refractivity contribution in [3.05, 3.63) is 0 Å². The van der Waals surface area contributed by atoms with E-state index in [9.17, 15) is 24.4 Å². The fourth-order valence-electron chi connectivity index (χ4n) is 4.16. The lowest BCUT2D eigenvalue weighted by molar-refractivity contribution is -0.196. The van der Waals surface area contributed by atoms with E-state index in [4.69, 9.17) is 14.2 Å². The quantitative estimate of drug-likeness (QED) is 0.348. The van der Waals surface area contributed by atoms with E-state index in [1.165, 1.54) is 6.92 Å². The van der Waals surface area contributed by atoms with Crippen LogP contribution in [0.1, 0.15) is 53.9 Å². The molecular weight excluding hydrogens is 366 g/mol. The van der Waals surface area contributed by atoms with E-state index in [-0.39, 0.29) is 44.9 Å². The molecule has 0 unspecified atom stereocenters. The molecule has 0 aromatic heterocycles. The lowest BCUT2D eigenvalue weighted by atomic mass is 9.49. The van der Waals surface area contributed by atoms with E-state index in [1.54, 1.807) is 27.7 Å². The zero-order valence-electron chi connectivity index (χ0n) is 17.2. The van der Waals surface area contributed by atoms with Crippen molar-refractivity contribution in [2.75, 3.05) is 19.8 Å². The molecule has 1 aliphatic rings. The summed E-state index contributed by atoms with van der Waals surface area (Å²) in [6.45, 7) is 7.76. The van der Waals surface area contributed by atoms with Gasteiger partial charge in [-0.1, -0.05) is 6.92 Å². The number of nitriles is 1. The van der Waals surface area contributed by atoms with Gasteiger partial charge in [0.25, 0.3) is 0 Å². The minimum atomic E-state index is -1.95. The molecule has 8 heteroatoms. The monoisotopic (exact) mass is 395 g/mol. The van der Waals surface area contributed by atoms with E-state index in [0.29, 0.717) is 0 Å². The number of nitrogens with zero attached hydrogens (tertiary/aromatic N) is 1. The first-order valence-corrected chi connectivity index (χ1v) is 9.61. The average molecular weight is 395 g/mol. The number of Topliss-reactive ketones (excluding diaryl/α,β-unsaturated/α-hetero) is 1. The molecular formula is C20H29NO7. The molecule has 0 aromatic rings. The third-order valence-electron chi connectivity index (χ3n) is 5.45. The summed E-state index contributed by atoms with van der Waals surface area (Å²) in [6.07, 6.45) is -0.0330. The van der Waals surface area contributed by atoms with E-state index < -0.39 is 40.6 Å². The van der Waals surface area contributed by atoms with Crippen molar-refractivity contribution < 1.29 is 33.4 Å². The standard InChI is InChI=1S/C20H29NO7/c1-6-26-16(23)19(12-21)10-9-13(4)20(17(24)27-7-2,18(25)28-8-3)15(19)11-14(5)22/h13,15H,6-11H2,1-5H3/t13-,15-,19+/m0/s1. The second kappa shape index (κ2) is 9.67. The molecule has 0 heterocycles. The molecule has 156 valence electrons. The summed E-state index contributed by atoms with van der Waals surface area (Å²) in [6, 6.07) is 1.98. The predicted octanol–water partition coefficient (Wildman–Crippen LogP) is 2.20. The molecule has 0 saturated heterocycles. The van der Waals surface area contributed by atoms with Crippen LogP contribution in [0.4, 0.5) is 0 Å². The van der Waals surface area contributed by atoms with Gasteiger partial charge in [-0.25, -0.2) is 0 Å². The number of carbonyl (C=O) groups excluding carboxylic acids is 4. The second-order valence-electron chi connectivity index (χ2n) is 7.01. The number of rotatable bonds is 8. The van der Waals surface area contributed by atoms with Crippen molar-refractivity contribution in [2.24, 2.45) is 22.7 Å². The van der Waals surface area contributed by atoms with Gasteiger partial charge < -0.3 is 19.0 Å². The van der Waals surface area contributed by atoms with Crippen LogP contribution in [0.15, 0.2) is 0 Å². The van der Waals surface area contributed by atoms with E-state index in [2.05, 4.69) is 0 Å². The predicted molar refractivity (Wildman–Crippen MR) is 97.6 cm³/mol. The summed E-state index contributed by atoms with van der Waals surface area (Å²) in [7, 11) is 0. The number of hydrogen-bond donors (Lipinski definition) is 0. The van der Waals surface area contributed by atoms with Crippen LogP contribution in [-0.4, -0.2) is 43.5 Å². The van der Waals surface area contributed by atoms with Crippen molar-refractivity contribution in [2.45, 2.75) is 53.9 Å². The van der Waals surface area contributed by atoms with Crippen LogP contribution >= 0.6 is 0 Å². The Balaban J connectivity index is 3.80. The number of ether oxygens (including phenoxy) is 3. The van der Waals surface area contributed by atoms with Gasteiger partial charge in [0.05, 0.1) is 25.9 Å². The minimum Gasteiger partial charge on any atom is -0.465 e. The molecule has 8 nitrogen and oxygen atoms in total. The smallest absolute Gasteiger partial charge is 0.326 e. The molecule has 28 heavy (non-hydrogen) atoms. The van der Waals surface area contributed by atoms with Crippen LogP contribution < -0.4 is 0 Å². The van der Waals surface area contributed by atoms with Crippen LogP contribution in [0.3, 0.4) is 0 Å². The molecule has 1 rings (SSSR count). The maximum Gasteiger partial charge on any atom is 0.326 e. The Morgan fingerprint density at radius 3 is 1.82 bits per heavy atom. The molecule has 3 atom stereocenters. The van der Waals surface area contributed by atoms with Gasteiger partial charge in [-0.3, -0.25) is 14.4 Å². The van der Waals surface area contributed by atoms with Gasteiger partial charge in [0.1, 0.15) is 5.78 Å². The van der Waals surface area contributed by atoms with E-state index in [0.717, 1.165) is 0 Å². The first-order valence-electron chi connectivity index (χ1n) is 9.61. The number of esters is 3. The lowest BCUT2D eigenvalue weighted by Crippen LogP contribution is -2.62. The summed E-state index contributed by atoms with van der Waals surface area (Å²) in [5.74, 6) is -4.80. The van der Waals surface area contributed by atoms with Gasteiger partial charge in [-0.05, 0) is 46.5 Å². The Morgan fingerprint density at radius 1 is 0.964 bits per heavy atom. The highest BCUT2D eigenvalue weighted by Crippen LogP contribution is 2.57. The average Bonchev–Trinajstić information content (AvgIpc) is 2.63. The number of carbonyl (C=O) groups is 4. The van der Waals surface area contributed by atoms with Crippen LogP contribution in [0, 0.1) is 34.0 Å². The van der Waals surface area contributed by atoms with Crippen molar-refractivity contribution in [3.8, 4) is 6.07 Å². The van der Waals surface area contributed by atoms with E-state index in [1.807, 2.05) is 6.07 Å². The molecule has 0 N–H and O–H groups in total. The maximum atomic E-state index is 13.1. The second-order valence-corrected chi connectivity index (χ2v) is 7.01. The number of hydrogen-bond acceptors (Lipinski definition) is 8. The molecule has 0 amide bonds. The lowest BCUT2D eigenvalue weighted by Gasteiger charge is -2.50. The minimum absolute atomic E-state index is 0.00153. The fraction of sp³-hybridized carbons (Fsp3) is 0.750. The summed E-state index contributed by atoms with van der Waals surface area (Å²) in [5.41, 5.74) is -3.77. The largest absolute Gasteiger partial charge is 0.465 e. The SMILES string of the molecule is CCOC(=O)C1(C(=O)OCC)[C@@H](CC(C)=O)[C@@](C#N)(C(=O)OCC)CC[C@@H]1C. The van der Waals surface area contributed by atoms with Crippen molar-refractivity contribution in [1.82, 2.24) is 0 Å². The Labute approximate surface area is 165 Å². The van der Waals surface area contributed by atoms with Crippen LogP contribution in [-0.2, 0) is 33.4 Å². The van der Waals surface area contributed by atoms with Gasteiger partial charge in [0, 0.05) is 12.3 Å². The van der Waals surface area contributed by atoms with Gasteiger partial charge >= 0.3 is 17.9 Å². The maximum absolute atomic E-state index is 13.1.